The number of aliphatic hydroxyl groups excluding tert-OH is 1. The van der Waals surface area contributed by atoms with Gasteiger partial charge in [0.15, 0.2) is 0 Å². The van der Waals surface area contributed by atoms with Crippen LogP contribution >= 0.6 is 0 Å². The molecule has 114 valence electrons. The van der Waals surface area contributed by atoms with Gasteiger partial charge in [0.2, 0.25) is 0 Å². The van der Waals surface area contributed by atoms with E-state index in [9.17, 15) is 5.11 Å². The van der Waals surface area contributed by atoms with Gasteiger partial charge in [-0.25, -0.2) is 0 Å². The number of aromatic amines is 1. The Morgan fingerprint density at radius 1 is 0.957 bits per heavy atom. The highest BCUT2D eigenvalue weighted by Gasteiger charge is 2.19. The van der Waals surface area contributed by atoms with Crippen molar-refractivity contribution in [2.24, 2.45) is 0 Å². The quantitative estimate of drug-likeness (QED) is 0.508. The van der Waals surface area contributed by atoms with Crippen LogP contribution in [0.3, 0.4) is 0 Å². The van der Waals surface area contributed by atoms with Crippen LogP contribution in [0.25, 0.3) is 22.0 Å². The third-order valence-electron chi connectivity index (χ3n) is 4.33. The van der Waals surface area contributed by atoms with E-state index in [1.165, 1.54) is 10.8 Å². The average molecular weight is 302 g/mol. The number of anilines is 2. The van der Waals surface area contributed by atoms with Gasteiger partial charge in [-0.2, -0.15) is 0 Å². The molecule has 23 heavy (non-hydrogen) atoms. The van der Waals surface area contributed by atoms with Gasteiger partial charge in [-0.1, -0.05) is 42.5 Å². The highest BCUT2D eigenvalue weighted by atomic mass is 16.3. The lowest BCUT2D eigenvalue weighted by Crippen LogP contribution is -1.97. The van der Waals surface area contributed by atoms with Crippen LogP contribution < -0.4 is 5.32 Å². The molecule has 2 aliphatic rings. The number of aryl methyl sites for hydroxylation is 1. The molecule has 2 aromatic carbocycles. The molecule has 0 atom stereocenters. The molecule has 0 radical (unpaired) electrons. The van der Waals surface area contributed by atoms with Crippen molar-refractivity contribution in [1.82, 2.24) is 4.98 Å². The van der Waals surface area contributed by atoms with Crippen molar-refractivity contribution in [3.05, 3.63) is 71.9 Å². The molecular weight excluding hydrogens is 284 g/mol. The predicted molar refractivity (Wildman–Crippen MR) is 95.3 cm³/mol. The molecule has 1 aliphatic heterocycles. The first-order valence-corrected chi connectivity index (χ1v) is 7.74. The summed E-state index contributed by atoms with van der Waals surface area (Å²) in [4.78, 5) is 3.46. The lowest BCUT2D eigenvalue weighted by molar-refractivity contribution is 0.280. The number of nitrogens with one attached hydrogen (secondary N) is 2. The topological polar surface area (TPSA) is 48.0 Å². The normalized spacial score (nSPS) is 11.2. The van der Waals surface area contributed by atoms with Crippen LogP contribution in [0.2, 0.25) is 0 Å². The molecule has 3 nitrogen and oxygen atoms in total. The Morgan fingerprint density at radius 3 is 2.39 bits per heavy atom. The number of aliphatic hydroxyl groups is 1. The summed E-state index contributed by atoms with van der Waals surface area (Å²) in [7, 11) is 0. The highest BCUT2D eigenvalue weighted by Crippen LogP contribution is 2.43. The Hall–Kier alpha value is -2.78. The van der Waals surface area contributed by atoms with Gasteiger partial charge in [-0.05, 0) is 30.7 Å². The molecular formula is C20H18N2O. The van der Waals surface area contributed by atoms with Crippen molar-refractivity contribution in [3.8, 4) is 11.3 Å². The predicted octanol–water partition coefficient (Wildman–Crippen LogP) is 4.82. The van der Waals surface area contributed by atoms with E-state index in [0.717, 1.165) is 33.9 Å². The largest absolute Gasteiger partial charge is 0.392 e. The number of aromatic nitrogens is 1. The number of hydrogen-bond donors (Lipinski definition) is 3. The first kappa shape index (κ1) is 13.9. The van der Waals surface area contributed by atoms with Gasteiger partial charge in [0, 0.05) is 27.7 Å². The number of pyridine rings is 1. The third kappa shape index (κ3) is 2.26. The van der Waals surface area contributed by atoms with Gasteiger partial charge in [0.05, 0.1) is 18.0 Å². The minimum Gasteiger partial charge on any atom is -0.392 e. The second kappa shape index (κ2) is 5.45. The maximum absolute atomic E-state index is 9.59. The zero-order valence-corrected chi connectivity index (χ0v) is 12.9. The Balaban J connectivity index is 2.00. The summed E-state index contributed by atoms with van der Waals surface area (Å²) < 4.78 is 0. The summed E-state index contributed by atoms with van der Waals surface area (Å²) in [6.45, 7) is 2.03. The van der Waals surface area contributed by atoms with Crippen LogP contribution in [0.5, 0.6) is 0 Å². The van der Waals surface area contributed by atoms with E-state index in [1.807, 2.05) is 25.1 Å². The number of hydrogen-bond acceptors (Lipinski definition) is 2. The molecule has 3 N–H and O–H groups in total. The molecule has 0 aromatic heterocycles. The van der Waals surface area contributed by atoms with E-state index in [0.29, 0.717) is 0 Å². The summed E-state index contributed by atoms with van der Waals surface area (Å²) in [5, 5.41) is 15.5. The van der Waals surface area contributed by atoms with Crippen molar-refractivity contribution in [3.63, 3.8) is 0 Å². The molecule has 0 saturated carbocycles. The van der Waals surface area contributed by atoms with Crippen LogP contribution in [0.15, 0.2) is 60.7 Å². The van der Waals surface area contributed by atoms with Crippen molar-refractivity contribution >= 4 is 22.1 Å². The van der Waals surface area contributed by atoms with Crippen LogP contribution in [-0.4, -0.2) is 10.1 Å². The number of fused-ring (bicyclic) bond motifs is 3. The van der Waals surface area contributed by atoms with Gasteiger partial charge in [0.25, 0.3) is 0 Å². The maximum atomic E-state index is 9.59. The smallest absolute Gasteiger partial charge is 0.0698 e. The monoisotopic (exact) mass is 302 g/mol. The van der Waals surface area contributed by atoms with E-state index < -0.39 is 0 Å². The van der Waals surface area contributed by atoms with E-state index >= 15 is 0 Å². The summed E-state index contributed by atoms with van der Waals surface area (Å²) in [6.07, 6.45) is 0. The Labute approximate surface area is 134 Å². The molecule has 0 bridgehead atoms. The van der Waals surface area contributed by atoms with E-state index in [2.05, 4.69) is 52.8 Å². The minimum atomic E-state index is 0.0323. The molecule has 1 aliphatic carbocycles. The minimum absolute atomic E-state index is 0.0323. The van der Waals surface area contributed by atoms with Crippen LogP contribution in [0, 0.1) is 6.92 Å². The zero-order valence-electron chi connectivity index (χ0n) is 12.9. The van der Waals surface area contributed by atoms with Gasteiger partial charge in [-0.15, -0.1) is 0 Å². The summed E-state index contributed by atoms with van der Waals surface area (Å²) in [5.74, 6) is 0. The molecule has 0 unspecified atom stereocenters. The van der Waals surface area contributed by atoms with Crippen molar-refractivity contribution in [2.75, 3.05) is 5.32 Å². The molecule has 0 amide bonds. The van der Waals surface area contributed by atoms with Gasteiger partial charge >= 0.3 is 0 Å². The summed E-state index contributed by atoms with van der Waals surface area (Å²) >= 11 is 0. The number of H-pyrrole nitrogens is 1. The maximum Gasteiger partial charge on any atom is 0.0698 e. The fourth-order valence-electron chi connectivity index (χ4n) is 3.13. The van der Waals surface area contributed by atoms with E-state index in [-0.39, 0.29) is 6.61 Å². The van der Waals surface area contributed by atoms with E-state index in [4.69, 9.17) is 0 Å². The van der Waals surface area contributed by atoms with Crippen molar-refractivity contribution in [2.45, 2.75) is 13.5 Å². The first-order chi connectivity index (χ1) is 11.3. The molecule has 0 fully saturated rings. The lowest BCUT2D eigenvalue weighted by Gasteiger charge is -2.12. The van der Waals surface area contributed by atoms with Gasteiger partial charge in [-0.3, -0.25) is 0 Å². The molecule has 0 spiro atoms. The molecule has 2 aromatic rings. The number of benzene rings is 2. The molecule has 1 heterocycles. The standard InChI is InChI=1S/C20H18N2O/c1-13-14(12-23)11-18-19(21-13)16-9-5-6-10-17(16)20(18)22-15-7-3-2-4-8-15/h2-11,21-23H,12H2,1H3. The zero-order chi connectivity index (χ0) is 15.8. The SMILES string of the molecule is Cc1[nH]c2c3ccccc3c(Nc3ccccc3)c-2cc1CO. The summed E-state index contributed by atoms with van der Waals surface area (Å²) in [5.41, 5.74) is 6.26. The van der Waals surface area contributed by atoms with Crippen LogP contribution in [0.1, 0.15) is 11.3 Å². The lowest BCUT2D eigenvalue weighted by atomic mass is 10.1. The molecule has 4 rings (SSSR count). The number of para-hydroxylation sites is 1. The Morgan fingerprint density at radius 2 is 1.65 bits per heavy atom. The van der Waals surface area contributed by atoms with Crippen molar-refractivity contribution < 1.29 is 5.11 Å². The fourth-order valence-corrected chi connectivity index (χ4v) is 3.13. The second-order valence-corrected chi connectivity index (χ2v) is 5.78. The molecule has 3 heteroatoms. The fraction of sp³-hybridized carbons (Fsp3) is 0.100. The molecule has 0 saturated heterocycles. The first-order valence-electron chi connectivity index (χ1n) is 7.74. The second-order valence-electron chi connectivity index (χ2n) is 5.78. The van der Waals surface area contributed by atoms with Gasteiger partial charge in [0.1, 0.15) is 0 Å². The van der Waals surface area contributed by atoms with Crippen LogP contribution in [-0.2, 0) is 6.61 Å². The third-order valence-corrected chi connectivity index (χ3v) is 4.33. The van der Waals surface area contributed by atoms with Gasteiger partial charge < -0.3 is 15.4 Å². The highest BCUT2D eigenvalue weighted by molar-refractivity contribution is 6.13. The Kier molecular flexibility index (Phi) is 3.28. The number of rotatable bonds is 3. The van der Waals surface area contributed by atoms with Crippen LogP contribution in [0.4, 0.5) is 11.4 Å². The van der Waals surface area contributed by atoms with E-state index in [1.54, 1.807) is 0 Å². The van der Waals surface area contributed by atoms with Crippen molar-refractivity contribution in [1.29, 1.82) is 0 Å². The summed E-state index contributed by atoms with van der Waals surface area (Å²) in [6, 6.07) is 20.6. The Bertz CT molecular complexity index is 941. The average Bonchev–Trinajstić information content (AvgIpc) is 2.88.